The van der Waals surface area contributed by atoms with Gasteiger partial charge in [-0.05, 0) is 92.2 Å². The molecule has 0 unspecified atom stereocenters. The fourth-order valence-corrected chi connectivity index (χ4v) is 11.9. The third kappa shape index (κ3) is 7.82. The lowest BCUT2D eigenvalue weighted by atomic mass is 9.97. The van der Waals surface area contributed by atoms with Gasteiger partial charge in [0.05, 0.1) is 0 Å². The minimum Gasteiger partial charge on any atom is -0.0622 e. The molecule has 9 aromatic rings. The molecular weight excluding hydrogens is 711 g/mol. The molecule has 9 rings (SSSR count). The summed E-state index contributed by atoms with van der Waals surface area (Å²) in [6, 6.07) is 88.7. The van der Waals surface area contributed by atoms with Crippen molar-refractivity contribution in [2.24, 2.45) is 0 Å². The van der Waals surface area contributed by atoms with Crippen LogP contribution in [0.25, 0.3) is 44.5 Å². The van der Waals surface area contributed by atoms with Gasteiger partial charge in [-0.15, -0.1) is 0 Å². The highest BCUT2D eigenvalue weighted by Gasteiger charge is 2.17. The van der Waals surface area contributed by atoms with Crippen molar-refractivity contribution >= 4 is 47.7 Å². The summed E-state index contributed by atoms with van der Waals surface area (Å²) in [7, 11) is -1.22. The molecular formula is C54H40P2. The van der Waals surface area contributed by atoms with Crippen LogP contribution in [0.2, 0.25) is 0 Å². The third-order valence-corrected chi connectivity index (χ3v) is 15.2. The van der Waals surface area contributed by atoms with E-state index in [1.807, 2.05) is 0 Å². The molecule has 0 N–H and O–H groups in total. The van der Waals surface area contributed by atoms with Gasteiger partial charge in [0.2, 0.25) is 0 Å². The summed E-state index contributed by atoms with van der Waals surface area (Å²) in [5.74, 6) is 0. The quantitative estimate of drug-likeness (QED) is 0.122. The molecule has 0 fully saturated rings. The second-order valence-electron chi connectivity index (χ2n) is 13.8. The van der Waals surface area contributed by atoms with Gasteiger partial charge < -0.3 is 0 Å². The Morgan fingerprint density at radius 3 is 0.464 bits per heavy atom. The number of hydrogen-bond acceptors (Lipinski definition) is 0. The van der Waals surface area contributed by atoms with Gasteiger partial charge in [0.1, 0.15) is 0 Å². The highest BCUT2D eigenvalue weighted by molar-refractivity contribution is 7.80. The number of rotatable bonds is 10. The Hall–Kier alpha value is -6.16. The molecule has 56 heavy (non-hydrogen) atoms. The van der Waals surface area contributed by atoms with Crippen LogP contribution in [-0.2, 0) is 0 Å². The third-order valence-electron chi connectivity index (χ3n) is 10.3. The topological polar surface area (TPSA) is 0 Å². The van der Waals surface area contributed by atoms with E-state index < -0.39 is 15.8 Å². The standard InChI is InChI=1S/C54H40P2/c1-5-13-49(14-6-1)55(50-15-7-2-8-16-50)53-37-33-47(34-38-53)45-29-25-43(26-30-45)41-21-23-42(24-22-41)44-27-31-46(32-28-44)48-35-39-54(40-36-48)56(51-17-9-3-10-18-51)52-19-11-4-12-20-52/h1-40H. The molecule has 0 radical (unpaired) electrons. The normalized spacial score (nSPS) is 11.2. The fraction of sp³-hybridized carbons (Fsp3) is 0. The largest absolute Gasteiger partial charge is 0.0622 e. The van der Waals surface area contributed by atoms with Crippen LogP contribution >= 0.6 is 15.8 Å². The Morgan fingerprint density at radius 1 is 0.143 bits per heavy atom. The van der Waals surface area contributed by atoms with Crippen molar-refractivity contribution in [3.05, 3.63) is 243 Å². The molecule has 9 aromatic carbocycles. The Bertz CT molecular complexity index is 2340. The van der Waals surface area contributed by atoms with Gasteiger partial charge in [0.15, 0.2) is 0 Å². The smallest absolute Gasteiger partial charge is 0.0134 e. The summed E-state index contributed by atoms with van der Waals surface area (Å²) in [6.45, 7) is 0. The van der Waals surface area contributed by atoms with Crippen molar-refractivity contribution in [1.29, 1.82) is 0 Å². The minimum absolute atomic E-state index is 0.612. The number of hydrogen-bond donors (Lipinski definition) is 0. The highest BCUT2D eigenvalue weighted by atomic mass is 31.1. The molecule has 0 aromatic heterocycles. The maximum atomic E-state index is 2.31. The van der Waals surface area contributed by atoms with E-state index in [9.17, 15) is 0 Å². The van der Waals surface area contributed by atoms with E-state index in [1.54, 1.807) is 0 Å². The van der Waals surface area contributed by atoms with Gasteiger partial charge in [-0.2, -0.15) is 0 Å². The predicted octanol–water partition coefficient (Wildman–Crippen LogP) is 11.9. The van der Waals surface area contributed by atoms with E-state index in [2.05, 4.69) is 243 Å². The van der Waals surface area contributed by atoms with Crippen molar-refractivity contribution in [3.63, 3.8) is 0 Å². The second kappa shape index (κ2) is 16.7. The van der Waals surface area contributed by atoms with E-state index >= 15 is 0 Å². The van der Waals surface area contributed by atoms with Crippen LogP contribution < -0.4 is 31.8 Å². The Labute approximate surface area is 333 Å². The fourth-order valence-electron chi connectivity index (χ4n) is 7.37. The summed E-state index contributed by atoms with van der Waals surface area (Å²) in [6.07, 6.45) is 0. The SMILES string of the molecule is c1ccc(P(c2ccccc2)c2ccc(-c3ccc(-c4ccc(-c5ccc(-c6ccc(P(c7ccccc7)c7ccccc7)cc6)cc5)cc4)cc3)cc2)cc1. The monoisotopic (exact) mass is 750 g/mol. The van der Waals surface area contributed by atoms with E-state index in [0.29, 0.717) is 0 Å². The molecule has 2 heteroatoms. The Morgan fingerprint density at radius 2 is 0.286 bits per heavy atom. The van der Waals surface area contributed by atoms with Crippen LogP contribution in [0.5, 0.6) is 0 Å². The van der Waals surface area contributed by atoms with Crippen LogP contribution in [0, 0.1) is 0 Å². The summed E-state index contributed by atoms with van der Waals surface area (Å²) in [5.41, 5.74) is 9.79. The molecule has 0 heterocycles. The lowest BCUT2D eigenvalue weighted by Crippen LogP contribution is -2.20. The average Bonchev–Trinajstić information content (AvgIpc) is 3.29. The number of benzene rings is 9. The lowest BCUT2D eigenvalue weighted by Gasteiger charge is -2.19. The first-order valence-corrected chi connectivity index (χ1v) is 21.8. The van der Waals surface area contributed by atoms with Gasteiger partial charge in [0, 0.05) is 0 Å². The van der Waals surface area contributed by atoms with Crippen LogP contribution in [0.4, 0.5) is 0 Å². The van der Waals surface area contributed by atoms with Gasteiger partial charge in [-0.25, -0.2) is 0 Å². The molecule has 0 saturated heterocycles. The predicted molar refractivity (Wildman–Crippen MR) is 246 cm³/mol. The van der Waals surface area contributed by atoms with E-state index in [-0.39, 0.29) is 0 Å². The van der Waals surface area contributed by atoms with Crippen molar-refractivity contribution < 1.29 is 0 Å². The van der Waals surface area contributed by atoms with Gasteiger partial charge in [-0.1, -0.05) is 243 Å². The van der Waals surface area contributed by atoms with Crippen molar-refractivity contribution in [1.82, 2.24) is 0 Å². The molecule has 0 atom stereocenters. The van der Waals surface area contributed by atoms with E-state index in [1.165, 1.54) is 76.3 Å². The molecule has 0 aliphatic carbocycles. The Balaban J connectivity index is 0.878. The molecule has 0 spiro atoms. The Kier molecular flexibility index (Phi) is 10.6. The maximum absolute atomic E-state index is 2.31. The maximum Gasteiger partial charge on any atom is -0.0134 e. The summed E-state index contributed by atoms with van der Waals surface area (Å²) < 4.78 is 0. The zero-order valence-corrected chi connectivity index (χ0v) is 32.8. The van der Waals surface area contributed by atoms with Crippen molar-refractivity contribution in [2.45, 2.75) is 0 Å². The zero-order chi connectivity index (χ0) is 37.5. The summed E-state index contributed by atoms with van der Waals surface area (Å²) in [4.78, 5) is 0. The van der Waals surface area contributed by atoms with Crippen LogP contribution in [0.15, 0.2) is 243 Å². The summed E-state index contributed by atoms with van der Waals surface area (Å²) in [5, 5.41) is 8.19. The zero-order valence-electron chi connectivity index (χ0n) is 31.0. The van der Waals surface area contributed by atoms with Gasteiger partial charge in [0.25, 0.3) is 0 Å². The molecule has 0 saturated carbocycles. The average molecular weight is 751 g/mol. The lowest BCUT2D eigenvalue weighted by molar-refractivity contribution is 1.57. The second-order valence-corrected chi connectivity index (χ2v) is 18.3. The first kappa shape index (κ1) is 35.5. The van der Waals surface area contributed by atoms with Crippen molar-refractivity contribution in [3.8, 4) is 44.5 Å². The molecule has 0 amide bonds. The van der Waals surface area contributed by atoms with E-state index in [4.69, 9.17) is 0 Å². The molecule has 0 aliphatic heterocycles. The van der Waals surface area contributed by atoms with Crippen LogP contribution in [-0.4, -0.2) is 0 Å². The molecule has 0 aliphatic rings. The molecule has 0 bridgehead atoms. The first-order chi connectivity index (χ1) is 27.8. The molecule has 266 valence electrons. The molecule has 0 nitrogen and oxygen atoms in total. The van der Waals surface area contributed by atoms with Crippen LogP contribution in [0.1, 0.15) is 0 Å². The summed E-state index contributed by atoms with van der Waals surface area (Å²) >= 11 is 0. The van der Waals surface area contributed by atoms with E-state index in [0.717, 1.165) is 0 Å². The van der Waals surface area contributed by atoms with Gasteiger partial charge >= 0.3 is 0 Å². The van der Waals surface area contributed by atoms with Crippen LogP contribution in [0.3, 0.4) is 0 Å². The first-order valence-electron chi connectivity index (χ1n) is 19.1. The highest BCUT2D eigenvalue weighted by Crippen LogP contribution is 2.36. The van der Waals surface area contributed by atoms with Crippen molar-refractivity contribution in [2.75, 3.05) is 0 Å². The van der Waals surface area contributed by atoms with Gasteiger partial charge in [-0.3, -0.25) is 0 Å². The minimum atomic E-state index is -0.612.